The molecular formula is C28H21N6O5SY-. The molecule has 5 aromatic rings. The summed E-state index contributed by atoms with van der Waals surface area (Å²) in [6.07, 6.45) is 2.54. The molecule has 11 nitrogen and oxygen atoms in total. The SMILES string of the molecule is Cc1n[c-]nc(Nc2ccc(SOOO)c(Nc3cc(C)c4c5c(cc(=O)n4C)-c4ccccc4C(=O)c35)c2)n1.[Y]. The van der Waals surface area contributed by atoms with E-state index < -0.39 is 0 Å². The van der Waals surface area contributed by atoms with Crippen LogP contribution in [0.5, 0.6) is 0 Å². The third-order valence-corrected chi connectivity index (χ3v) is 7.34. The number of nitrogens with zero attached hydrogens (tertiary/aromatic N) is 4. The fraction of sp³-hybridized carbons (Fsp3) is 0.107. The first-order chi connectivity index (χ1) is 19.4. The minimum Gasteiger partial charge on any atom is -0.378 e. The maximum atomic E-state index is 14.0. The van der Waals surface area contributed by atoms with Crippen molar-refractivity contribution in [2.45, 2.75) is 18.7 Å². The molecule has 0 spiro atoms. The number of pyridine rings is 1. The maximum absolute atomic E-state index is 14.0. The second-order valence-electron chi connectivity index (χ2n) is 9.16. The van der Waals surface area contributed by atoms with Gasteiger partial charge in [-0.1, -0.05) is 36.2 Å². The van der Waals surface area contributed by atoms with Crippen molar-refractivity contribution in [3.63, 3.8) is 0 Å². The molecule has 6 rings (SSSR count). The van der Waals surface area contributed by atoms with E-state index in [-0.39, 0.29) is 44.1 Å². The van der Waals surface area contributed by atoms with Crippen molar-refractivity contribution in [3.8, 4) is 11.1 Å². The Labute approximate surface area is 263 Å². The summed E-state index contributed by atoms with van der Waals surface area (Å²) in [5.41, 5.74) is 5.43. The van der Waals surface area contributed by atoms with Gasteiger partial charge in [-0.25, -0.2) is 5.26 Å². The molecule has 3 aromatic carbocycles. The predicted octanol–water partition coefficient (Wildman–Crippen LogP) is 5.26. The molecule has 1 aliphatic rings. The molecule has 0 atom stereocenters. The molecular weight excluding hydrogens is 621 g/mol. The van der Waals surface area contributed by atoms with Crippen LogP contribution in [0, 0.1) is 20.2 Å². The minimum atomic E-state index is -0.163. The zero-order valence-corrected chi connectivity index (χ0v) is 25.7. The average molecular weight is 642 g/mol. The van der Waals surface area contributed by atoms with E-state index in [0.717, 1.165) is 23.2 Å². The molecule has 1 radical (unpaired) electrons. The summed E-state index contributed by atoms with van der Waals surface area (Å²) in [5, 5.41) is 19.8. The standard InChI is InChI=1S/C28H21N6O5S.Y/c1-14-10-21(25-24-19(12-23(35)34(3)26(14)24)17-6-4-5-7-18(17)27(25)36)33-20-11-16(8-9-22(20)40-39-38-37)32-28-30-13-29-15(2)31-28;/h4-12,33,37H,1-3H3,(H,29,30,31,32);/q-1;. The summed E-state index contributed by atoms with van der Waals surface area (Å²) in [4.78, 5) is 39.6. The van der Waals surface area contributed by atoms with E-state index in [4.69, 9.17) is 9.59 Å². The smallest absolute Gasteiger partial charge is 0.251 e. The second kappa shape index (κ2) is 11.8. The van der Waals surface area contributed by atoms with Crippen LogP contribution in [0.2, 0.25) is 0 Å². The molecule has 2 aromatic heterocycles. The summed E-state index contributed by atoms with van der Waals surface area (Å²) in [7, 11) is 1.70. The van der Waals surface area contributed by atoms with Crippen LogP contribution in [0.25, 0.3) is 22.0 Å². The number of aromatic nitrogens is 4. The number of aryl methyl sites for hydroxylation is 3. The Kier molecular flexibility index (Phi) is 8.32. The number of fused-ring (bicyclic) bond motifs is 2. The number of benzene rings is 3. The molecule has 41 heavy (non-hydrogen) atoms. The van der Waals surface area contributed by atoms with Crippen molar-refractivity contribution in [2.24, 2.45) is 7.05 Å². The monoisotopic (exact) mass is 642 g/mol. The summed E-state index contributed by atoms with van der Waals surface area (Å²) in [6, 6.07) is 16.0. The molecule has 13 heteroatoms. The van der Waals surface area contributed by atoms with Crippen molar-refractivity contribution >= 4 is 51.7 Å². The largest absolute Gasteiger partial charge is 0.378 e. The Morgan fingerprint density at radius 1 is 0.951 bits per heavy atom. The summed E-state index contributed by atoms with van der Waals surface area (Å²) < 4.78 is 6.28. The van der Waals surface area contributed by atoms with Gasteiger partial charge in [-0.15, -0.1) is 4.33 Å². The first kappa shape index (κ1) is 29.0. The van der Waals surface area contributed by atoms with E-state index in [1.165, 1.54) is 0 Å². The Hall–Kier alpha value is -3.52. The molecule has 3 N–H and O–H groups in total. The van der Waals surface area contributed by atoms with Gasteiger partial charge in [0.1, 0.15) is 5.95 Å². The summed E-state index contributed by atoms with van der Waals surface area (Å²) in [5.74, 6) is 0.651. The first-order valence-electron chi connectivity index (χ1n) is 12.1. The van der Waals surface area contributed by atoms with Crippen LogP contribution in [0.15, 0.2) is 64.3 Å². The number of carbonyl (C=O) groups is 1. The molecule has 0 saturated heterocycles. The Balaban J connectivity index is 0.00000337. The van der Waals surface area contributed by atoms with E-state index in [9.17, 15) is 9.59 Å². The van der Waals surface area contributed by atoms with Crippen LogP contribution in [0.1, 0.15) is 27.3 Å². The molecule has 2 heterocycles. The van der Waals surface area contributed by atoms with Crippen molar-refractivity contribution in [1.29, 1.82) is 0 Å². The van der Waals surface area contributed by atoms with Crippen LogP contribution in [0.3, 0.4) is 0 Å². The van der Waals surface area contributed by atoms with Crippen LogP contribution >= 0.6 is 12.0 Å². The number of hydrogen-bond donors (Lipinski definition) is 3. The van der Waals surface area contributed by atoms with E-state index in [1.807, 2.05) is 25.1 Å². The Bertz CT molecular complexity index is 1900. The number of carbonyl (C=O) groups excluding carboxylic acids is 1. The Morgan fingerprint density at radius 2 is 1.73 bits per heavy atom. The van der Waals surface area contributed by atoms with Gasteiger partial charge in [-0.3, -0.25) is 9.59 Å². The number of rotatable bonds is 7. The number of anilines is 4. The van der Waals surface area contributed by atoms with Gasteiger partial charge in [0, 0.05) is 74.6 Å². The predicted molar refractivity (Wildman–Crippen MR) is 150 cm³/mol. The van der Waals surface area contributed by atoms with E-state index in [1.54, 1.807) is 54.9 Å². The number of ketones is 1. The fourth-order valence-electron chi connectivity index (χ4n) is 5.01. The van der Waals surface area contributed by atoms with Crippen molar-refractivity contribution in [3.05, 3.63) is 93.8 Å². The first-order valence-corrected chi connectivity index (χ1v) is 12.8. The average Bonchev–Trinajstić information content (AvgIpc) is 2.94. The van der Waals surface area contributed by atoms with E-state index >= 15 is 0 Å². The van der Waals surface area contributed by atoms with Gasteiger partial charge in [0.05, 0.1) is 39.4 Å². The van der Waals surface area contributed by atoms with Gasteiger partial charge >= 0.3 is 0 Å². The van der Waals surface area contributed by atoms with Crippen molar-refractivity contribution in [2.75, 3.05) is 10.6 Å². The van der Waals surface area contributed by atoms with Gasteiger partial charge in [-0.05, 0) is 47.9 Å². The maximum Gasteiger partial charge on any atom is 0.251 e. The van der Waals surface area contributed by atoms with Crippen LogP contribution < -0.4 is 16.2 Å². The molecule has 203 valence electrons. The van der Waals surface area contributed by atoms with E-state index in [2.05, 4.69) is 37.0 Å². The number of hydrogen-bond acceptors (Lipinski definition) is 11. The molecule has 0 aliphatic heterocycles. The van der Waals surface area contributed by atoms with Gasteiger partial charge in [0.2, 0.25) is 0 Å². The molecule has 1 aliphatic carbocycles. The number of nitrogens with one attached hydrogen (secondary N) is 2. The molecule has 0 bridgehead atoms. The molecule has 0 saturated carbocycles. The third-order valence-electron chi connectivity index (χ3n) is 6.68. The fourth-order valence-corrected chi connectivity index (χ4v) is 5.44. The van der Waals surface area contributed by atoms with Crippen LogP contribution in [-0.2, 0) is 49.1 Å². The summed E-state index contributed by atoms with van der Waals surface area (Å²) >= 11 is 0.776. The third kappa shape index (κ3) is 5.30. The van der Waals surface area contributed by atoms with Crippen LogP contribution in [-0.4, -0.2) is 30.6 Å². The van der Waals surface area contributed by atoms with Gasteiger partial charge in [0.25, 0.3) is 5.56 Å². The molecule has 0 unspecified atom stereocenters. The van der Waals surface area contributed by atoms with Crippen LogP contribution in [0.4, 0.5) is 23.0 Å². The van der Waals surface area contributed by atoms with Crippen molar-refractivity contribution in [1.82, 2.24) is 19.5 Å². The van der Waals surface area contributed by atoms with Gasteiger partial charge in [0.15, 0.2) is 5.78 Å². The Morgan fingerprint density at radius 3 is 2.49 bits per heavy atom. The summed E-state index contributed by atoms with van der Waals surface area (Å²) in [6.45, 7) is 3.63. The zero-order valence-electron chi connectivity index (χ0n) is 22.1. The quantitative estimate of drug-likeness (QED) is 0.0909. The van der Waals surface area contributed by atoms with Gasteiger partial charge in [-0.2, -0.15) is 0 Å². The minimum absolute atomic E-state index is 0. The second-order valence-corrected chi connectivity index (χ2v) is 9.91. The van der Waals surface area contributed by atoms with Crippen molar-refractivity contribution < 1.29 is 52.1 Å². The normalized spacial score (nSPS) is 11.7. The molecule has 0 fully saturated rings. The topological polar surface area (TPSA) is 140 Å². The van der Waals surface area contributed by atoms with E-state index in [0.29, 0.717) is 61.3 Å². The van der Waals surface area contributed by atoms with Gasteiger partial charge < -0.3 is 30.2 Å². The molecule has 0 amide bonds. The zero-order chi connectivity index (χ0) is 28.0.